The molecule has 2 aromatic rings. The van der Waals surface area contributed by atoms with Gasteiger partial charge in [-0.2, -0.15) is 0 Å². The molecule has 11 heteroatoms. The third-order valence-electron chi connectivity index (χ3n) is 6.53. The van der Waals surface area contributed by atoms with Crippen LogP contribution < -0.4 is 10.6 Å². The molecule has 1 aromatic heterocycles. The summed E-state index contributed by atoms with van der Waals surface area (Å²) in [5.74, 6) is 0.903. The molecule has 1 atom stereocenters. The molecule has 2 fully saturated rings. The Balaban J connectivity index is 1.31. The van der Waals surface area contributed by atoms with Crippen molar-refractivity contribution in [3.05, 3.63) is 53.5 Å². The minimum atomic E-state index is -3.45. The normalized spacial score (nSPS) is 20.4. The number of nitrogens with one attached hydrogen (secondary N) is 2. The first-order chi connectivity index (χ1) is 16.9. The van der Waals surface area contributed by atoms with Crippen LogP contribution in [0.2, 0.25) is 0 Å². The van der Waals surface area contributed by atoms with Gasteiger partial charge in [0.15, 0.2) is 21.4 Å². The van der Waals surface area contributed by atoms with Crippen molar-refractivity contribution in [2.24, 2.45) is 0 Å². The van der Waals surface area contributed by atoms with E-state index in [0.29, 0.717) is 61.0 Å². The third kappa shape index (κ3) is 4.50. The quantitative estimate of drug-likeness (QED) is 0.626. The highest BCUT2D eigenvalue weighted by Crippen LogP contribution is 2.38. The highest BCUT2D eigenvalue weighted by molar-refractivity contribution is 7.92. The van der Waals surface area contributed by atoms with Crippen LogP contribution in [-0.2, 0) is 19.3 Å². The Labute approximate surface area is 207 Å². The molecule has 2 saturated heterocycles. The third-order valence-corrected chi connectivity index (χ3v) is 10.2. The van der Waals surface area contributed by atoms with Gasteiger partial charge in [-0.3, -0.25) is 10.1 Å². The van der Waals surface area contributed by atoms with Crippen LogP contribution in [0.25, 0.3) is 10.1 Å². The predicted octanol–water partition coefficient (Wildman–Crippen LogP) is 3.61. The van der Waals surface area contributed by atoms with E-state index in [-0.39, 0.29) is 18.7 Å². The molecule has 1 aromatic carbocycles. The maximum absolute atomic E-state index is 13.6. The lowest BCUT2D eigenvalue weighted by molar-refractivity contribution is 0.0729. The van der Waals surface area contributed by atoms with Crippen LogP contribution in [0.15, 0.2) is 47.9 Å². The number of carbonyl (C=O) groups is 2. The Morgan fingerprint density at radius 2 is 1.89 bits per heavy atom. The molecule has 0 bridgehead atoms. The molecule has 0 saturated carbocycles. The number of piperidine rings is 1. The number of rotatable bonds is 5. The van der Waals surface area contributed by atoms with Gasteiger partial charge in [0.2, 0.25) is 6.79 Å². The van der Waals surface area contributed by atoms with E-state index in [1.807, 2.05) is 31.2 Å². The molecule has 0 spiro atoms. The maximum atomic E-state index is 13.6. The summed E-state index contributed by atoms with van der Waals surface area (Å²) in [6.45, 7) is 3.06. The first kappa shape index (κ1) is 23.7. The summed E-state index contributed by atoms with van der Waals surface area (Å²) in [5.41, 5.74) is 0.450. The summed E-state index contributed by atoms with van der Waals surface area (Å²) in [4.78, 5) is 27.5. The predicted molar refractivity (Wildman–Crippen MR) is 134 cm³/mol. The molecule has 35 heavy (non-hydrogen) atoms. The minimum Gasteiger partial charge on any atom is -0.454 e. The van der Waals surface area contributed by atoms with Crippen molar-refractivity contribution >= 4 is 48.2 Å². The molecule has 3 heterocycles. The fourth-order valence-electron chi connectivity index (χ4n) is 4.72. The number of hydrogen-bond donors (Lipinski definition) is 2. The number of allylic oxidation sites excluding steroid dienone is 1. The average molecular weight is 518 g/mol. The van der Waals surface area contributed by atoms with E-state index in [4.69, 9.17) is 9.47 Å². The molecule has 2 N–H and O–H groups in total. The van der Waals surface area contributed by atoms with Gasteiger partial charge in [-0.25, -0.2) is 13.2 Å². The van der Waals surface area contributed by atoms with Gasteiger partial charge in [-0.15, -0.1) is 11.3 Å². The van der Waals surface area contributed by atoms with Gasteiger partial charge in [0, 0.05) is 29.7 Å². The monoisotopic (exact) mass is 517 g/mol. The molecule has 5 rings (SSSR count). The lowest BCUT2D eigenvalue weighted by Crippen LogP contribution is -2.44. The number of amides is 3. The van der Waals surface area contributed by atoms with Crippen LogP contribution >= 0.6 is 11.3 Å². The van der Waals surface area contributed by atoms with Crippen molar-refractivity contribution < 1.29 is 27.5 Å². The number of fused-ring (bicyclic) bond motifs is 2. The summed E-state index contributed by atoms with van der Waals surface area (Å²) in [6, 6.07) is 7.16. The second-order valence-corrected chi connectivity index (χ2v) is 12.1. The number of nitrogens with zero attached hydrogens (tertiary/aromatic N) is 1. The van der Waals surface area contributed by atoms with Gasteiger partial charge >= 0.3 is 6.03 Å². The number of likely N-dealkylation sites (tertiary alicyclic amines) is 1. The molecule has 1 aliphatic carbocycles. The molecule has 3 amide bonds. The van der Waals surface area contributed by atoms with Crippen LogP contribution in [0.1, 0.15) is 36.5 Å². The topological polar surface area (TPSA) is 114 Å². The molecular formula is C24H27N3O6S2. The minimum absolute atomic E-state index is 0.110. The van der Waals surface area contributed by atoms with Gasteiger partial charge < -0.3 is 19.7 Å². The van der Waals surface area contributed by atoms with Crippen LogP contribution in [0, 0.1) is 0 Å². The van der Waals surface area contributed by atoms with Crippen LogP contribution in [0.5, 0.6) is 0 Å². The molecule has 1 unspecified atom stereocenters. The number of thiophene rings is 1. The van der Waals surface area contributed by atoms with Crippen molar-refractivity contribution in [2.75, 3.05) is 31.7 Å². The van der Waals surface area contributed by atoms with E-state index in [1.165, 1.54) is 11.3 Å². The average Bonchev–Trinajstić information content (AvgIpc) is 3.47. The van der Waals surface area contributed by atoms with Crippen LogP contribution in [0.3, 0.4) is 0 Å². The number of anilines is 1. The molecular weight excluding hydrogens is 490 g/mol. The lowest BCUT2D eigenvalue weighted by Gasteiger charge is -2.33. The SMILES string of the molecule is CCNC(=O)Nc1sc2ccccc2c1C(=O)N1CCC(S(=O)(=O)C2C=C3OCOC3=CC2)CC1. The Morgan fingerprint density at radius 1 is 1.14 bits per heavy atom. The Morgan fingerprint density at radius 3 is 2.66 bits per heavy atom. The molecule has 3 aliphatic rings. The van der Waals surface area contributed by atoms with E-state index >= 15 is 0 Å². The Bertz CT molecular complexity index is 1320. The number of urea groups is 1. The number of hydrogen-bond acceptors (Lipinski definition) is 7. The van der Waals surface area contributed by atoms with Crippen LogP contribution in [-0.4, -0.2) is 62.2 Å². The van der Waals surface area contributed by atoms with Gasteiger partial charge in [-0.1, -0.05) is 18.2 Å². The zero-order valence-electron chi connectivity index (χ0n) is 19.3. The second-order valence-electron chi connectivity index (χ2n) is 8.65. The van der Waals surface area contributed by atoms with Crippen molar-refractivity contribution in [1.82, 2.24) is 10.2 Å². The molecule has 9 nitrogen and oxygen atoms in total. The zero-order valence-corrected chi connectivity index (χ0v) is 20.9. The standard InChI is InChI=1S/C24H27N3O6S2/c1-2-25-24(29)26-22-21(17-5-3-4-6-20(17)34-22)23(28)27-11-9-15(10-12-27)35(30,31)16-7-8-18-19(13-16)33-14-32-18/h3-6,8,13,15-16H,2,7,9-12,14H2,1H3,(H2,25,26,29). The van der Waals surface area contributed by atoms with Crippen molar-refractivity contribution in [1.29, 1.82) is 0 Å². The van der Waals surface area contributed by atoms with E-state index in [1.54, 1.807) is 17.1 Å². The summed E-state index contributed by atoms with van der Waals surface area (Å²) in [7, 11) is -3.45. The molecule has 2 aliphatic heterocycles. The van der Waals surface area contributed by atoms with E-state index in [2.05, 4.69) is 10.6 Å². The van der Waals surface area contributed by atoms with Gasteiger partial charge in [0.25, 0.3) is 5.91 Å². The zero-order chi connectivity index (χ0) is 24.6. The Kier molecular flexibility index (Phi) is 6.45. The van der Waals surface area contributed by atoms with E-state index in [9.17, 15) is 18.0 Å². The summed E-state index contributed by atoms with van der Waals surface area (Å²) in [6.07, 6.45) is 4.51. The van der Waals surface area contributed by atoms with Gasteiger partial charge in [0.05, 0.1) is 16.1 Å². The van der Waals surface area contributed by atoms with Gasteiger partial charge in [-0.05, 0) is 44.4 Å². The molecule has 0 radical (unpaired) electrons. The number of ether oxygens (including phenoxy) is 2. The summed E-state index contributed by atoms with van der Waals surface area (Å²) in [5, 5.41) is 5.59. The van der Waals surface area contributed by atoms with E-state index in [0.717, 1.165) is 10.1 Å². The van der Waals surface area contributed by atoms with Crippen molar-refractivity contribution in [3.8, 4) is 0 Å². The fourth-order valence-corrected chi connectivity index (χ4v) is 7.85. The maximum Gasteiger partial charge on any atom is 0.319 e. The van der Waals surface area contributed by atoms with Gasteiger partial charge in [0.1, 0.15) is 5.00 Å². The van der Waals surface area contributed by atoms with Crippen LogP contribution in [0.4, 0.5) is 9.80 Å². The smallest absolute Gasteiger partial charge is 0.319 e. The first-order valence-electron chi connectivity index (χ1n) is 11.6. The first-order valence-corrected chi connectivity index (χ1v) is 14.1. The second kappa shape index (κ2) is 9.54. The van der Waals surface area contributed by atoms with E-state index < -0.39 is 20.3 Å². The number of benzene rings is 1. The largest absolute Gasteiger partial charge is 0.454 e. The van der Waals surface area contributed by atoms with Crippen molar-refractivity contribution in [2.45, 2.75) is 36.7 Å². The summed E-state index contributed by atoms with van der Waals surface area (Å²) >= 11 is 1.35. The lowest BCUT2D eigenvalue weighted by atomic mass is 10.1. The molecule has 186 valence electrons. The summed E-state index contributed by atoms with van der Waals surface area (Å²) < 4.78 is 38.2. The number of sulfone groups is 1. The van der Waals surface area contributed by atoms with Crippen molar-refractivity contribution in [3.63, 3.8) is 0 Å². The number of carbonyl (C=O) groups excluding carboxylic acids is 2. The Hall–Kier alpha value is -3.05. The highest BCUT2D eigenvalue weighted by Gasteiger charge is 2.39. The highest BCUT2D eigenvalue weighted by atomic mass is 32.2. The fraction of sp³-hybridized carbons (Fsp3) is 0.417.